The third-order valence-corrected chi connectivity index (χ3v) is 7.28. The number of methoxy groups -OCH3 is 2. The summed E-state index contributed by atoms with van der Waals surface area (Å²) >= 11 is 0. The zero-order valence-corrected chi connectivity index (χ0v) is 22.3. The van der Waals surface area contributed by atoms with Crippen LogP contribution in [0.4, 0.5) is 0 Å². The number of hydrogen-bond acceptors (Lipinski definition) is 7. The summed E-state index contributed by atoms with van der Waals surface area (Å²) in [4.78, 5) is 9.58. The van der Waals surface area contributed by atoms with Crippen LogP contribution < -0.4 is 18.9 Å². The quantitative estimate of drug-likeness (QED) is 0.244. The summed E-state index contributed by atoms with van der Waals surface area (Å²) < 4.78 is 25.3. The summed E-state index contributed by atoms with van der Waals surface area (Å²) in [6, 6.07) is 26.3. The van der Waals surface area contributed by atoms with Crippen LogP contribution in [-0.4, -0.2) is 33.8 Å². The molecule has 40 heavy (non-hydrogen) atoms. The predicted octanol–water partition coefficient (Wildman–Crippen LogP) is 6.47. The molecule has 0 bridgehead atoms. The van der Waals surface area contributed by atoms with Gasteiger partial charge in [-0.15, -0.1) is 5.10 Å². The molecule has 0 saturated carbocycles. The van der Waals surface area contributed by atoms with Gasteiger partial charge in [0.1, 0.15) is 24.4 Å². The molecule has 8 heteroatoms. The first-order chi connectivity index (χ1) is 19.6. The minimum Gasteiger partial charge on any atom is -0.493 e. The van der Waals surface area contributed by atoms with Gasteiger partial charge in [0.05, 0.1) is 19.8 Å². The standard InChI is InChI=1S/C32H26N4O4/c1-19-8-12-22(13-9-19)39-17-27-34-31-30-28(21-11-14-24(37-2)26(16-21)38-3)29-23-7-5-4-6-20(23)10-15-25(29)40-32(30)33-18-36(31)35-27/h4-16,18,28H,17H2,1-3H3. The number of aryl methyl sites for hydroxylation is 1. The van der Waals surface area contributed by atoms with Crippen molar-refractivity contribution in [2.24, 2.45) is 0 Å². The van der Waals surface area contributed by atoms with Gasteiger partial charge in [0.2, 0.25) is 5.88 Å². The van der Waals surface area contributed by atoms with E-state index < -0.39 is 0 Å². The second-order valence-electron chi connectivity index (χ2n) is 9.71. The molecular formula is C32H26N4O4. The Bertz CT molecular complexity index is 1880. The number of aromatic nitrogens is 4. The maximum Gasteiger partial charge on any atom is 0.228 e. The Morgan fingerprint density at radius 3 is 2.52 bits per heavy atom. The number of rotatable bonds is 6. The second-order valence-corrected chi connectivity index (χ2v) is 9.71. The van der Waals surface area contributed by atoms with Gasteiger partial charge in [-0.2, -0.15) is 0 Å². The van der Waals surface area contributed by atoms with Crippen LogP contribution in [0.1, 0.15) is 34.0 Å². The van der Waals surface area contributed by atoms with Gasteiger partial charge in [-0.3, -0.25) is 0 Å². The third kappa shape index (κ3) is 3.96. The largest absolute Gasteiger partial charge is 0.493 e. The molecule has 8 nitrogen and oxygen atoms in total. The molecule has 0 radical (unpaired) electrons. The highest BCUT2D eigenvalue weighted by Gasteiger charge is 2.35. The van der Waals surface area contributed by atoms with Gasteiger partial charge in [-0.05, 0) is 53.6 Å². The average molecular weight is 531 g/mol. The zero-order chi connectivity index (χ0) is 27.2. The van der Waals surface area contributed by atoms with Crippen molar-refractivity contribution in [1.82, 2.24) is 19.6 Å². The highest BCUT2D eigenvalue weighted by molar-refractivity contribution is 5.91. The summed E-state index contributed by atoms with van der Waals surface area (Å²) in [5, 5.41) is 6.89. The van der Waals surface area contributed by atoms with E-state index in [1.54, 1.807) is 25.1 Å². The normalized spacial score (nSPS) is 13.9. The molecule has 0 aliphatic carbocycles. The number of ether oxygens (including phenoxy) is 4. The molecule has 0 amide bonds. The van der Waals surface area contributed by atoms with E-state index in [0.717, 1.165) is 39.0 Å². The molecule has 0 spiro atoms. The van der Waals surface area contributed by atoms with Crippen LogP contribution in [0, 0.1) is 6.92 Å². The molecule has 0 N–H and O–H groups in total. The van der Waals surface area contributed by atoms with Crippen LogP contribution in [0.2, 0.25) is 0 Å². The van der Waals surface area contributed by atoms with E-state index in [0.29, 0.717) is 28.9 Å². The Morgan fingerprint density at radius 1 is 0.875 bits per heavy atom. The summed E-state index contributed by atoms with van der Waals surface area (Å²) in [7, 11) is 3.27. The van der Waals surface area contributed by atoms with E-state index in [4.69, 9.17) is 23.9 Å². The van der Waals surface area contributed by atoms with Crippen LogP contribution in [0.3, 0.4) is 0 Å². The van der Waals surface area contributed by atoms with Gasteiger partial charge in [-0.1, -0.05) is 54.1 Å². The van der Waals surface area contributed by atoms with Crippen LogP contribution in [-0.2, 0) is 6.61 Å². The van der Waals surface area contributed by atoms with Gasteiger partial charge < -0.3 is 18.9 Å². The zero-order valence-electron chi connectivity index (χ0n) is 22.3. The van der Waals surface area contributed by atoms with Crippen molar-refractivity contribution in [3.8, 4) is 28.9 Å². The lowest BCUT2D eigenvalue weighted by Crippen LogP contribution is -2.15. The lowest BCUT2D eigenvalue weighted by molar-refractivity contribution is 0.296. The van der Waals surface area contributed by atoms with Crippen molar-refractivity contribution in [2.75, 3.05) is 14.2 Å². The first-order valence-corrected chi connectivity index (χ1v) is 13.0. The Morgan fingerprint density at radius 2 is 1.70 bits per heavy atom. The van der Waals surface area contributed by atoms with E-state index in [1.165, 1.54) is 5.56 Å². The molecule has 1 unspecified atom stereocenters. The van der Waals surface area contributed by atoms with Crippen molar-refractivity contribution in [3.63, 3.8) is 0 Å². The summed E-state index contributed by atoms with van der Waals surface area (Å²) in [6.45, 7) is 2.27. The molecule has 2 aromatic heterocycles. The molecule has 1 atom stereocenters. The monoisotopic (exact) mass is 530 g/mol. The Labute approximate surface area is 230 Å². The van der Waals surface area contributed by atoms with E-state index in [2.05, 4.69) is 28.3 Å². The van der Waals surface area contributed by atoms with Crippen molar-refractivity contribution < 1.29 is 18.9 Å². The Hall–Kier alpha value is -5.11. The van der Waals surface area contributed by atoms with Gasteiger partial charge in [0.25, 0.3) is 0 Å². The van der Waals surface area contributed by atoms with Crippen molar-refractivity contribution in [3.05, 3.63) is 113 Å². The van der Waals surface area contributed by atoms with E-state index in [-0.39, 0.29) is 12.5 Å². The molecule has 0 fully saturated rings. The molecule has 6 aromatic rings. The van der Waals surface area contributed by atoms with Crippen molar-refractivity contribution in [1.29, 1.82) is 0 Å². The van der Waals surface area contributed by atoms with Crippen molar-refractivity contribution >= 4 is 16.4 Å². The van der Waals surface area contributed by atoms with Crippen LogP contribution >= 0.6 is 0 Å². The lowest BCUT2D eigenvalue weighted by Gasteiger charge is -2.29. The Balaban J connectivity index is 1.41. The minimum absolute atomic E-state index is 0.223. The number of fused-ring (bicyclic) bond motifs is 6. The fourth-order valence-electron chi connectivity index (χ4n) is 5.36. The Kier molecular flexibility index (Phi) is 5.73. The second kappa shape index (κ2) is 9.57. The predicted molar refractivity (Wildman–Crippen MR) is 151 cm³/mol. The van der Waals surface area contributed by atoms with Gasteiger partial charge in [0, 0.05) is 11.5 Å². The molecular weight excluding hydrogens is 504 g/mol. The van der Waals surface area contributed by atoms with Gasteiger partial charge in [-0.25, -0.2) is 14.5 Å². The third-order valence-electron chi connectivity index (χ3n) is 7.28. The van der Waals surface area contributed by atoms with Crippen LogP contribution in [0.5, 0.6) is 28.9 Å². The number of benzene rings is 4. The molecule has 1 aliphatic heterocycles. The fraction of sp³-hybridized carbons (Fsp3) is 0.156. The van der Waals surface area contributed by atoms with E-state index in [9.17, 15) is 0 Å². The van der Waals surface area contributed by atoms with Gasteiger partial charge in [0.15, 0.2) is 23.0 Å². The molecule has 198 valence electrons. The van der Waals surface area contributed by atoms with E-state index >= 15 is 0 Å². The van der Waals surface area contributed by atoms with Gasteiger partial charge >= 0.3 is 0 Å². The first kappa shape index (κ1) is 24.0. The van der Waals surface area contributed by atoms with Crippen LogP contribution in [0.25, 0.3) is 16.4 Å². The summed E-state index contributed by atoms with van der Waals surface area (Å²) in [6.07, 6.45) is 1.63. The lowest BCUT2D eigenvalue weighted by atomic mass is 9.81. The van der Waals surface area contributed by atoms with E-state index in [1.807, 2.05) is 67.6 Å². The highest BCUT2D eigenvalue weighted by Crippen LogP contribution is 2.51. The van der Waals surface area contributed by atoms with Crippen molar-refractivity contribution in [2.45, 2.75) is 19.4 Å². The molecule has 4 aromatic carbocycles. The molecule has 7 rings (SSSR count). The maximum atomic E-state index is 6.42. The smallest absolute Gasteiger partial charge is 0.228 e. The highest BCUT2D eigenvalue weighted by atomic mass is 16.5. The molecule has 3 heterocycles. The average Bonchev–Trinajstić information content (AvgIpc) is 3.42. The number of hydrogen-bond donors (Lipinski definition) is 0. The first-order valence-electron chi connectivity index (χ1n) is 13.0. The topological polar surface area (TPSA) is 80.0 Å². The minimum atomic E-state index is -0.254. The maximum absolute atomic E-state index is 6.42. The summed E-state index contributed by atoms with van der Waals surface area (Å²) in [5.41, 5.74) is 4.69. The molecule has 1 aliphatic rings. The molecule has 0 saturated heterocycles. The summed E-state index contributed by atoms with van der Waals surface area (Å²) in [5.74, 6) is 3.60. The number of nitrogens with zero attached hydrogens (tertiary/aromatic N) is 4. The SMILES string of the molecule is COc1ccc(C2c3c(ccc4ccccc34)Oc3ncn4nc(COc5ccc(C)cc5)nc4c32)cc1OC. The van der Waals surface area contributed by atoms with Crippen LogP contribution in [0.15, 0.2) is 85.2 Å². The fourth-order valence-corrected chi connectivity index (χ4v) is 5.36.